The highest BCUT2D eigenvalue weighted by Crippen LogP contribution is 2.18. The predicted molar refractivity (Wildman–Crippen MR) is 81.5 cm³/mol. The van der Waals surface area contributed by atoms with E-state index >= 15 is 0 Å². The molecule has 0 spiro atoms. The van der Waals surface area contributed by atoms with Gasteiger partial charge in [-0.2, -0.15) is 0 Å². The van der Waals surface area contributed by atoms with Gasteiger partial charge in [0.05, 0.1) is 11.3 Å². The van der Waals surface area contributed by atoms with E-state index in [-0.39, 0.29) is 11.9 Å². The van der Waals surface area contributed by atoms with Gasteiger partial charge >= 0.3 is 0 Å². The van der Waals surface area contributed by atoms with Crippen molar-refractivity contribution in [2.24, 2.45) is 5.84 Å². The Morgan fingerprint density at radius 1 is 1.50 bits per heavy atom. The minimum atomic E-state index is -0.0534. The van der Waals surface area contributed by atoms with E-state index < -0.39 is 0 Å². The Morgan fingerprint density at radius 3 is 2.65 bits per heavy atom. The molecule has 1 amide bonds. The summed E-state index contributed by atoms with van der Waals surface area (Å²) >= 11 is 0. The second-order valence-electron chi connectivity index (χ2n) is 5.22. The molecule has 0 saturated carbocycles. The molecule has 0 radical (unpaired) electrons. The van der Waals surface area contributed by atoms with Crippen LogP contribution in [0.25, 0.3) is 0 Å². The Bertz CT molecular complexity index is 461. The summed E-state index contributed by atoms with van der Waals surface area (Å²) < 4.78 is 0. The zero-order valence-corrected chi connectivity index (χ0v) is 13.0. The molecule has 0 aliphatic rings. The zero-order valence-electron chi connectivity index (χ0n) is 13.0. The fraction of sp³-hybridized carbons (Fsp3) is 0.571. The van der Waals surface area contributed by atoms with Crippen LogP contribution < -0.4 is 11.3 Å². The van der Waals surface area contributed by atoms with Gasteiger partial charge in [-0.1, -0.05) is 0 Å². The SMILES string of the molecule is CCN(C(=O)c1cnc(C)cc1NN)C(C)CN(C)C. The Morgan fingerprint density at radius 2 is 2.15 bits per heavy atom. The smallest absolute Gasteiger partial charge is 0.257 e. The first-order valence-corrected chi connectivity index (χ1v) is 6.79. The number of aryl methyl sites for hydroxylation is 1. The van der Waals surface area contributed by atoms with E-state index in [0.29, 0.717) is 17.8 Å². The quantitative estimate of drug-likeness (QED) is 0.602. The van der Waals surface area contributed by atoms with Crippen LogP contribution in [0.2, 0.25) is 0 Å². The van der Waals surface area contributed by atoms with E-state index in [1.807, 2.05) is 39.8 Å². The zero-order chi connectivity index (χ0) is 15.3. The van der Waals surface area contributed by atoms with Crippen molar-refractivity contribution in [2.75, 3.05) is 32.6 Å². The largest absolute Gasteiger partial charge is 0.335 e. The lowest BCUT2D eigenvalue weighted by Crippen LogP contribution is -2.44. The predicted octanol–water partition coefficient (Wildman–Crippen LogP) is 1.09. The summed E-state index contributed by atoms with van der Waals surface area (Å²) in [5, 5.41) is 0. The van der Waals surface area contributed by atoms with E-state index in [2.05, 4.69) is 15.3 Å². The van der Waals surface area contributed by atoms with Crippen molar-refractivity contribution < 1.29 is 4.79 Å². The highest BCUT2D eigenvalue weighted by molar-refractivity contribution is 5.99. The fourth-order valence-electron chi connectivity index (χ4n) is 2.29. The molecule has 1 heterocycles. The topological polar surface area (TPSA) is 74.5 Å². The normalized spacial score (nSPS) is 12.3. The number of carbonyl (C=O) groups excluding carboxylic acids is 1. The first kappa shape index (κ1) is 16.4. The van der Waals surface area contributed by atoms with Gasteiger partial charge in [-0.15, -0.1) is 0 Å². The van der Waals surface area contributed by atoms with Crippen molar-refractivity contribution in [3.05, 3.63) is 23.5 Å². The van der Waals surface area contributed by atoms with Gasteiger partial charge in [-0.05, 0) is 40.9 Å². The van der Waals surface area contributed by atoms with E-state index in [4.69, 9.17) is 5.84 Å². The number of pyridine rings is 1. The van der Waals surface area contributed by atoms with Crippen LogP contribution in [0.15, 0.2) is 12.3 Å². The first-order chi connectivity index (χ1) is 9.40. The number of nitrogen functional groups attached to an aromatic ring is 1. The Balaban J connectivity index is 3.02. The molecule has 1 atom stereocenters. The number of anilines is 1. The minimum absolute atomic E-state index is 0.0534. The lowest BCUT2D eigenvalue weighted by Gasteiger charge is -2.30. The third kappa shape index (κ3) is 3.91. The van der Waals surface area contributed by atoms with Gasteiger partial charge in [-0.3, -0.25) is 15.6 Å². The van der Waals surface area contributed by atoms with Crippen LogP contribution >= 0.6 is 0 Å². The van der Waals surface area contributed by atoms with E-state index in [1.54, 1.807) is 12.3 Å². The van der Waals surface area contributed by atoms with E-state index in [0.717, 1.165) is 12.2 Å². The molecule has 0 aliphatic heterocycles. The molecule has 0 aliphatic carbocycles. The average molecular weight is 279 g/mol. The minimum Gasteiger partial charge on any atom is -0.335 e. The van der Waals surface area contributed by atoms with Crippen molar-refractivity contribution in [1.29, 1.82) is 0 Å². The van der Waals surface area contributed by atoms with Crippen LogP contribution in [0.1, 0.15) is 29.9 Å². The van der Waals surface area contributed by atoms with Gasteiger partial charge in [0.25, 0.3) is 5.91 Å². The molecule has 0 bridgehead atoms. The van der Waals surface area contributed by atoms with Crippen molar-refractivity contribution in [3.8, 4) is 0 Å². The highest BCUT2D eigenvalue weighted by Gasteiger charge is 2.23. The van der Waals surface area contributed by atoms with Gasteiger partial charge in [0.1, 0.15) is 0 Å². The monoisotopic (exact) mass is 279 g/mol. The summed E-state index contributed by atoms with van der Waals surface area (Å²) in [6, 6.07) is 1.90. The maximum atomic E-state index is 12.7. The standard InChI is InChI=1S/C14H25N5O/c1-6-19(11(3)9-18(4)5)14(20)12-8-16-10(2)7-13(12)17-15/h7-8,11H,6,9,15H2,1-5H3,(H,16,17). The molecule has 6 heteroatoms. The Hall–Kier alpha value is -1.66. The lowest BCUT2D eigenvalue weighted by molar-refractivity contribution is 0.0679. The molecule has 3 N–H and O–H groups in total. The Labute approximate surface area is 120 Å². The van der Waals surface area contributed by atoms with Crippen molar-refractivity contribution in [2.45, 2.75) is 26.8 Å². The van der Waals surface area contributed by atoms with Gasteiger partial charge in [0.2, 0.25) is 0 Å². The van der Waals surface area contributed by atoms with Crippen molar-refractivity contribution in [1.82, 2.24) is 14.8 Å². The summed E-state index contributed by atoms with van der Waals surface area (Å²) in [6.45, 7) is 7.33. The number of nitrogens with zero attached hydrogens (tertiary/aromatic N) is 3. The molecule has 20 heavy (non-hydrogen) atoms. The number of carbonyl (C=O) groups is 1. The second kappa shape index (κ2) is 7.21. The molecular weight excluding hydrogens is 254 g/mol. The molecule has 1 unspecified atom stereocenters. The number of hydrazine groups is 1. The molecule has 1 rings (SSSR count). The van der Waals surface area contributed by atoms with E-state index in [1.165, 1.54) is 0 Å². The van der Waals surface area contributed by atoms with Crippen LogP contribution in [0.3, 0.4) is 0 Å². The number of amides is 1. The fourth-order valence-corrected chi connectivity index (χ4v) is 2.29. The van der Waals surface area contributed by atoms with E-state index in [9.17, 15) is 4.79 Å². The second-order valence-corrected chi connectivity index (χ2v) is 5.22. The third-order valence-corrected chi connectivity index (χ3v) is 3.19. The van der Waals surface area contributed by atoms with Gasteiger partial charge in [0.15, 0.2) is 0 Å². The Kier molecular flexibility index (Phi) is 5.91. The van der Waals surface area contributed by atoms with Crippen LogP contribution in [0, 0.1) is 6.92 Å². The number of aromatic nitrogens is 1. The summed E-state index contributed by atoms with van der Waals surface area (Å²) in [4.78, 5) is 20.7. The summed E-state index contributed by atoms with van der Waals surface area (Å²) in [7, 11) is 3.99. The number of rotatable bonds is 6. The van der Waals surface area contributed by atoms with Crippen molar-refractivity contribution in [3.63, 3.8) is 0 Å². The van der Waals surface area contributed by atoms with Crippen LogP contribution in [0.4, 0.5) is 5.69 Å². The van der Waals surface area contributed by atoms with Crippen LogP contribution in [0.5, 0.6) is 0 Å². The van der Waals surface area contributed by atoms with Gasteiger partial charge in [0, 0.05) is 31.0 Å². The molecule has 0 aromatic carbocycles. The summed E-state index contributed by atoms with van der Waals surface area (Å²) in [5.41, 5.74) is 4.51. The molecular formula is C14H25N5O. The molecule has 0 saturated heterocycles. The number of nitrogens with one attached hydrogen (secondary N) is 1. The molecule has 112 valence electrons. The molecule has 1 aromatic rings. The highest BCUT2D eigenvalue weighted by atomic mass is 16.2. The molecule has 6 nitrogen and oxygen atoms in total. The third-order valence-electron chi connectivity index (χ3n) is 3.19. The molecule has 0 fully saturated rings. The summed E-state index contributed by atoms with van der Waals surface area (Å²) in [6.07, 6.45) is 1.58. The number of likely N-dealkylation sites (N-methyl/N-ethyl adjacent to an activating group) is 2. The van der Waals surface area contributed by atoms with Crippen LogP contribution in [-0.4, -0.2) is 53.9 Å². The average Bonchev–Trinajstić information content (AvgIpc) is 2.38. The van der Waals surface area contributed by atoms with Crippen molar-refractivity contribution >= 4 is 11.6 Å². The lowest BCUT2D eigenvalue weighted by atomic mass is 10.1. The summed E-state index contributed by atoms with van der Waals surface area (Å²) in [5.74, 6) is 5.45. The van der Waals surface area contributed by atoms with Crippen LogP contribution in [-0.2, 0) is 0 Å². The number of hydrogen-bond donors (Lipinski definition) is 2. The number of hydrogen-bond acceptors (Lipinski definition) is 5. The molecule has 1 aromatic heterocycles. The first-order valence-electron chi connectivity index (χ1n) is 6.79. The van der Waals surface area contributed by atoms with Gasteiger partial charge in [-0.25, -0.2) is 0 Å². The number of nitrogens with two attached hydrogens (primary N) is 1. The maximum Gasteiger partial charge on any atom is 0.257 e. The maximum absolute atomic E-state index is 12.7. The van der Waals surface area contributed by atoms with Gasteiger partial charge < -0.3 is 15.2 Å².